The molecule has 3 rings (SSSR count). The van der Waals surface area contributed by atoms with Crippen molar-refractivity contribution in [3.8, 4) is 0 Å². The van der Waals surface area contributed by atoms with Gasteiger partial charge in [-0.1, -0.05) is 39.0 Å². The first-order valence-corrected chi connectivity index (χ1v) is 9.70. The highest BCUT2D eigenvalue weighted by Crippen LogP contribution is 2.23. The van der Waals surface area contributed by atoms with E-state index in [2.05, 4.69) is 20.8 Å². The second-order valence-electron chi connectivity index (χ2n) is 8.28. The van der Waals surface area contributed by atoms with Gasteiger partial charge in [0.1, 0.15) is 5.82 Å². The molecule has 148 valence electrons. The number of rotatable bonds is 2. The average Bonchev–Trinajstić information content (AvgIpc) is 2.92. The SMILES string of the molecule is CC(C)(C)c1ccc(C(=O)N2CCCN(C(=O)c3cccc(F)c3)CC2)cc1. The molecule has 2 aromatic carbocycles. The Kier molecular flexibility index (Phi) is 5.82. The van der Waals surface area contributed by atoms with Crippen molar-refractivity contribution in [2.75, 3.05) is 26.2 Å². The van der Waals surface area contributed by atoms with Crippen LogP contribution in [0, 0.1) is 5.82 Å². The van der Waals surface area contributed by atoms with E-state index in [1.54, 1.807) is 15.9 Å². The number of halogens is 1. The fourth-order valence-electron chi connectivity index (χ4n) is 3.42. The maximum absolute atomic E-state index is 13.4. The van der Waals surface area contributed by atoms with E-state index in [1.165, 1.54) is 23.8 Å². The smallest absolute Gasteiger partial charge is 0.254 e. The number of benzene rings is 2. The van der Waals surface area contributed by atoms with Gasteiger partial charge in [0.15, 0.2) is 0 Å². The molecule has 0 atom stereocenters. The molecule has 1 aliphatic rings. The molecule has 2 aromatic rings. The fraction of sp³-hybridized carbons (Fsp3) is 0.391. The first-order chi connectivity index (χ1) is 13.3. The minimum Gasteiger partial charge on any atom is -0.337 e. The van der Waals surface area contributed by atoms with Gasteiger partial charge in [-0.05, 0) is 47.7 Å². The number of hydrogen-bond acceptors (Lipinski definition) is 2. The summed E-state index contributed by atoms with van der Waals surface area (Å²) in [6.45, 7) is 8.51. The molecule has 1 fully saturated rings. The molecule has 1 saturated heterocycles. The standard InChI is InChI=1S/C23H27FN2O2/c1-23(2,3)19-10-8-17(9-11-19)21(27)25-12-5-13-26(15-14-25)22(28)18-6-4-7-20(24)16-18/h4,6-11,16H,5,12-15H2,1-3H3. The second-order valence-corrected chi connectivity index (χ2v) is 8.28. The summed E-state index contributed by atoms with van der Waals surface area (Å²) < 4.78 is 13.4. The van der Waals surface area contributed by atoms with Crippen molar-refractivity contribution < 1.29 is 14.0 Å². The third kappa shape index (κ3) is 4.58. The molecule has 0 aliphatic carbocycles. The van der Waals surface area contributed by atoms with Crippen molar-refractivity contribution in [2.45, 2.75) is 32.6 Å². The van der Waals surface area contributed by atoms with Gasteiger partial charge >= 0.3 is 0 Å². The van der Waals surface area contributed by atoms with E-state index in [-0.39, 0.29) is 17.2 Å². The Balaban J connectivity index is 1.66. The van der Waals surface area contributed by atoms with Crippen molar-refractivity contribution in [1.29, 1.82) is 0 Å². The topological polar surface area (TPSA) is 40.6 Å². The van der Waals surface area contributed by atoms with E-state index in [0.717, 1.165) is 0 Å². The maximum atomic E-state index is 13.4. The van der Waals surface area contributed by atoms with E-state index in [9.17, 15) is 14.0 Å². The molecule has 28 heavy (non-hydrogen) atoms. The summed E-state index contributed by atoms with van der Waals surface area (Å²) in [5, 5.41) is 0. The quantitative estimate of drug-likeness (QED) is 0.784. The van der Waals surface area contributed by atoms with Crippen LogP contribution < -0.4 is 0 Å². The van der Waals surface area contributed by atoms with Gasteiger partial charge in [-0.25, -0.2) is 4.39 Å². The van der Waals surface area contributed by atoms with Crippen LogP contribution in [0.1, 0.15) is 53.5 Å². The molecule has 1 heterocycles. The van der Waals surface area contributed by atoms with E-state index < -0.39 is 5.82 Å². The normalized spacial score (nSPS) is 15.3. The zero-order valence-corrected chi connectivity index (χ0v) is 16.7. The summed E-state index contributed by atoms with van der Waals surface area (Å²) in [5.41, 5.74) is 2.24. The average molecular weight is 382 g/mol. The van der Waals surface area contributed by atoms with Crippen LogP contribution in [0.4, 0.5) is 4.39 Å². The zero-order valence-electron chi connectivity index (χ0n) is 16.7. The Morgan fingerprint density at radius 2 is 1.39 bits per heavy atom. The molecule has 0 aromatic heterocycles. The van der Waals surface area contributed by atoms with Gasteiger partial charge in [-0.2, -0.15) is 0 Å². The van der Waals surface area contributed by atoms with Crippen LogP contribution in [0.15, 0.2) is 48.5 Å². The third-order valence-electron chi connectivity index (χ3n) is 5.14. The zero-order chi connectivity index (χ0) is 20.3. The summed E-state index contributed by atoms with van der Waals surface area (Å²) in [5.74, 6) is -0.625. The molecule has 0 saturated carbocycles. The van der Waals surface area contributed by atoms with Crippen LogP contribution in [0.3, 0.4) is 0 Å². The first kappa shape index (κ1) is 20.1. The molecule has 0 bridgehead atoms. The first-order valence-electron chi connectivity index (χ1n) is 9.70. The number of carbonyl (C=O) groups excluding carboxylic acids is 2. The highest BCUT2D eigenvalue weighted by Gasteiger charge is 2.24. The minimum atomic E-state index is -0.420. The van der Waals surface area contributed by atoms with Gasteiger partial charge in [-0.15, -0.1) is 0 Å². The van der Waals surface area contributed by atoms with E-state index in [0.29, 0.717) is 43.7 Å². The van der Waals surface area contributed by atoms with E-state index in [1.807, 2.05) is 24.3 Å². The Labute approximate surface area is 166 Å². The van der Waals surface area contributed by atoms with Gasteiger partial charge in [0, 0.05) is 37.3 Å². The summed E-state index contributed by atoms with van der Waals surface area (Å²) >= 11 is 0. The van der Waals surface area contributed by atoms with Crippen LogP contribution in [0.5, 0.6) is 0 Å². The molecule has 0 unspecified atom stereocenters. The Hall–Kier alpha value is -2.69. The number of carbonyl (C=O) groups is 2. The molecule has 2 amide bonds. The number of hydrogen-bond donors (Lipinski definition) is 0. The summed E-state index contributed by atoms with van der Waals surface area (Å²) in [4.78, 5) is 29.0. The minimum absolute atomic E-state index is 0.0134. The largest absolute Gasteiger partial charge is 0.337 e. The Bertz CT molecular complexity index is 856. The fourth-order valence-corrected chi connectivity index (χ4v) is 3.42. The molecule has 5 heteroatoms. The predicted molar refractivity (Wildman–Crippen MR) is 108 cm³/mol. The Morgan fingerprint density at radius 1 is 0.821 bits per heavy atom. The molecule has 4 nitrogen and oxygen atoms in total. The lowest BCUT2D eigenvalue weighted by Crippen LogP contribution is -2.37. The van der Waals surface area contributed by atoms with Gasteiger partial charge in [0.25, 0.3) is 11.8 Å². The van der Waals surface area contributed by atoms with Crippen LogP contribution >= 0.6 is 0 Å². The van der Waals surface area contributed by atoms with Crippen molar-refractivity contribution in [2.24, 2.45) is 0 Å². The number of amides is 2. The molecular weight excluding hydrogens is 355 g/mol. The van der Waals surface area contributed by atoms with Gasteiger partial charge in [0.05, 0.1) is 0 Å². The second kappa shape index (κ2) is 8.13. The lowest BCUT2D eigenvalue weighted by Gasteiger charge is -2.23. The van der Waals surface area contributed by atoms with Crippen LogP contribution in [-0.4, -0.2) is 47.8 Å². The highest BCUT2D eigenvalue weighted by molar-refractivity contribution is 5.95. The molecule has 1 aliphatic heterocycles. The summed E-state index contributed by atoms with van der Waals surface area (Å²) in [6, 6.07) is 13.5. The Morgan fingerprint density at radius 3 is 1.93 bits per heavy atom. The van der Waals surface area contributed by atoms with Crippen molar-refractivity contribution in [3.63, 3.8) is 0 Å². The molecule has 0 radical (unpaired) electrons. The van der Waals surface area contributed by atoms with Crippen molar-refractivity contribution in [3.05, 3.63) is 71.0 Å². The van der Waals surface area contributed by atoms with Crippen LogP contribution in [0.2, 0.25) is 0 Å². The molecule has 0 spiro atoms. The van der Waals surface area contributed by atoms with Crippen molar-refractivity contribution >= 4 is 11.8 Å². The van der Waals surface area contributed by atoms with Crippen LogP contribution in [-0.2, 0) is 5.41 Å². The maximum Gasteiger partial charge on any atom is 0.254 e. The lowest BCUT2D eigenvalue weighted by molar-refractivity contribution is 0.0718. The van der Waals surface area contributed by atoms with E-state index in [4.69, 9.17) is 0 Å². The molecule has 0 N–H and O–H groups in total. The monoisotopic (exact) mass is 382 g/mol. The predicted octanol–water partition coefficient (Wildman–Crippen LogP) is 4.11. The van der Waals surface area contributed by atoms with Gasteiger partial charge in [-0.3, -0.25) is 9.59 Å². The third-order valence-corrected chi connectivity index (χ3v) is 5.14. The molecular formula is C23H27FN2O2. The van der Waals surface area contributed by atoms with E-state index >= 15 is 0 Å². The van der Waals surface area contributed by atoms with Crippen molar-refractivity contribution in [1.82, 2.24) is 9.80 Å². The summed E-state index contributed by atoms with van der Waals surface area (Å²) in [7, 11) is 0. The summed E-state index contributed by atoms with van der Waals surface area (Å²) in [6.07, 6.45) is 0.701. The number of nitrogens with zero attached hydrogens (tertiary/aromatic N) is 2. The van der Waals surface area contributed by atoms with Crippen LogP contribution in [0.25, 0.3) is 0 Å². The highest BCUT2D eigenvalue weighted by atomic mass is 19.1. The lowest BCUT2D eigenvalue weighted by atomic mass is 9.86. The van der Waals surface area contributed by atoms with Gasteiger partial charge in [0.2, 0.25) is 0 Å². The van der Waals surface area contributed by atoms with Gasteiger partial charge < -0.3 is 9.80 Å².